The van der Waals surface area contributed by atoms with Crippen molar-refractivity contribution >= 4 is 17.5 Å². The van der Waals surface area contributed by atoms with Crippen molar-refractivity contribution in [3.05, 3.63) is 94.8 Å². The van der Waals surface area contributed by atoms with E-state index in [1.54, 1.807) is 36.7 Å². The van der Waals surface area contributed by atoms with Gasteiger partial charge < -0.3 is 15.4 Å². The quantitative estimate of drug-likeness (QED) is 0.566. The van der Waals surface area contributed by atoms with Gasteiger partial charge in [0.2, 0.25) is 0 Å². The molecule has 0 aliphatic carbocycles. The predicted molar refractivity (Wildman–Crippen MR) is 121 cm³/mol. The number of aromatic nitrogens is 1. The SMILES string of the molecule is Cc1cccc(C(=O)NCc2ccccc2COC(C)C)c1NC(=O)c1ccncc1. The van der Waals surface area contributed by atoms with Crippen molar-refractivity contribution in [3.8, 4) is 0 Å². The maximum Gasteiger partial charge on any atom is 0.255 e. The van der Waals surface area contributed by atoms with Gasteiger partial charge in [-0.25, -0.2) is 0 Å². The zero-order chi connectivity index (χ0) is 22.2. The van der Waals surface area contributed by atoms with Crippen LogP contribution < -0.4 is 10.6 Å². The Labute approximate surface area is 182 Å². The van der Waals surface area contributed by atoms with E-state index in [4.69, 9.17) is 4.74 Å². The zero-order valence-corrected chi connectivity index (χ0v) is 18.0. The summed E-state index contributed by atoms with van der Waals surface area (Å²) in [6, 6.07) is 16.5. The molecule has 2 amide bonds. The van der Waals surface area contributed by atoms with Crippen molar-refractivity contribution in [1.29, 1.82) is 0 Å². The largest absolute Gasteiger partial charge is 0.374 e. The fourth-order valence-corrected chi connectivity index (χ4v) is 3.11. The van der Waals surface area contributed by atoms with Gasteiger partial charge >= 0.3 is 0 Å². The molecule has 0 bridgehead atoms. The average Bonchev–Trinajstić information content (AvgIpc) is 2.78. The number of hydrogen-bond donors (Lipinski definition) is 2. The van der Waals surface area contributed by atoms with Crippen molar-refractivity contribution in [2.24, 2.45) is 0 Å². The van der Waals surface area contributed by atoms with Crippen molar-refractivity contribution in [3.63, 3.8) is 0 Å². The highest BCUT2D eigenvalue weighted by molar-refractivity contribution is 6.09. The first-order chi connectivity index (χ1) is 15.0. The molecule has 0 spiro atoms. The fraction of sp³-hybridized carbons (Fsp3) is 0.240. The lowest BCUT2D eigenvalue weighted by Crippen LogP contribution is -2.26. The van der Waals surface area contributed by atoms with Gasteiger partial charge in [-0.3, -0.25) is 14.6 Å². The van der Waals surface area contributed by atoms with E-state index in [-0.39, 0.29) is 17.9 Å². The number of aryl methyl sites for hydroxylation is 1. The highest BCUT2D eigenvalue weighted by Gasteiger charge is 2.16. The number of nitrogens with one attached hydrogen (secondary N) is 2. The minimum Gasteiger partial charge on any atom is -0.374 e. The lowest BCUT2D eigenvalue weighted by Gasteiger charge is -2.15. The van der Waals surface area contributed by atoms with Crippen molar-refractivity contribution < 1.29 is 14.3 Å². The smallest absolute Gasteiger partial charge is 0.255 e. The minimum atomic E-state index is -0.290. The highest BCUT2D eigenvalue weighted by Crippen LogP contribution is 2.22. The molecule has 0 atom stereocenters. The molecule has 3 rings (SSSR count). The summed E-state index contributed by atoms with van der Waals surface area (Å²) in [6.07, 6.45) is 3.24. The van der Waals surface area contributed by atoms with Crippen LogP contribution >= 0.6 is 0 Å². The Morgan fingerprint density at radius 2 is 1.65 bits per heavy atom. The van der Waals surface area contributed by atoms with Crippen molar-refractivity contribution in [2.45, 2.75) is 40.0 Å². The third kappa shape index (κ3) is 5.99. The van der Waals surface area contributed by atoms with Crippen LogP contribution in [-0.2, 0) is 17.9 Å². The lowest BCUT2D eigenvalue weighted by atomic mass is 10.1. The monoisotopic (exact) mass is 417 g/mol. The van der Waals surface area contributed by atoms with Crippen molar-refractivity contribution in [1.82, 2.24) is 10.3 Å². The summed E-state index contributed by atoms with van der Waals surface area (Å²) in [4.78, 5) is 29.5. The highest BCUT2D eigenvalue weighted by atomic mass is 16.5. The molecule has 2 aromatic carbocycles. The number of benzene rings is 2. The number of hydrogen-bond acceptors (Lipinski definition) is 4. The molecule has 1 aromatic heterocycles. The molecule has 2 N–H and O–H groups in total. The fourth-order valence-electron chi connectivity index (χ4n) is 3.11. The molecule has 0 fully saturated rings. The summed E-state index contributed by atoms with van der Waals surface area (Å²) >= 11 is 0. The molecule has 3 aromatic rings. The van der Waals surface area contributed by atoms with Gasteiger partial charge in [0.05, 0.1) is 24.0 Å². The molecule has 0 aliphatic heterocycles. The standard InChI is InChI=1S/C25H27N3O3/c1-17(2)31-16-21-9-5-4-8-20(21)15-27-25(30)22-10-6-7-18(3)23(22)28-24(29)19-11-13-26-14-12-19/h4-14,17H,15-16H2,1-3H3,(H,27,30)(H,28,29). The second-order valence-electron chi connectivity index (χ2n) is 7.50. The molecule has 0 aliphatic rings. The summed E-state index contributed by atoms with van der Waals surface area (Å²) in [5.41, 5.74) is 4.22. The number of carbonyl (C=O) groups is 2. The Kier molecular flexibility index (Phi) is 7.51. The zero-order valence-electron chi connectivity index (χ0n) is 18.0. The number of pyridine rings is 1. The van der Waals surface area contributed by atoms with Crippen LogP contribution in [0.1, 0.15) is 51.3 Å². The molecule has 0 radical (unpaired) electrons. The average molecular weight is 418 g/mol. The number of rotatable bonds is 8. The molecular formula is C25H27N3O3. The third-order valence-electron chi connectivity index (χ3n) is 4.83. The van der Waals surface area contributed by atoms with E-state index >= 15 is 0 Å². The summed E-state index contributed by atoms with van der Waals surface area (Å²) in [6.45, 7) is 6.69. The van der Waals surface area contributed by atoms with E-state index in [1.807, 2.05) is 51.1 Å². The van der Waals surface area contributed by atoms with Crippen LogP contribution in [0, 0.1) is 6.92 Å². The Morgan fingerprint density at radius 1 is 0.935 bits per heavy atom. The van der Waals surface area contributed by atoms with Gasteiger partial charge in [-0.15, -0.1) is 0 Å². The molecule has 6 nitrogen and oxygen atoms in total. The van der Waals surface area contributed by atoms with Crippen LogP contribution in [-0.4, -0.2) is 22.9 Å². The van der Waals surface area contributed by atoms with Gasteiger partial charge in [-0.05, 0) is 55.7 Å². The first-order valence-electron chi connectivity index (χ1n) is 10.2. The first kappa shape index (κ1) is 22.2. The Morgan fingerprint density at radius 3 is 2.35 bits per heavy atom. The van der Waals surface area contributed by atoms with E-state index in [0.29, 0.717) is 30.0 Å². The summed E-state index contributed by atoms with van der Waals surface area (Å²) in [7, 11) is 0. The summed E-state index contributed by atoms with van der Waals surface area (Å²) in [5, 5.41) is 5.84. The predicted octanol–water partition coefficient (Wildman–Crippen LogP) is 4.50. The molecule has 1 heterocycles. The van der Waals surface area contributed by atoms with Gasteiger partial charge in [0.1, 0.15) is 0 Å². The Hall–Kier alpha value is -3.51. The Bertz CT molecular complexity index is 1050. The number of ether oxygens (including phenoxy) is 1. The Balaban J connectivity index is 1.74. The maximum absolute atomic E-state index is 13.0. The molecular weight excluding hydrogens is 390 g/mol. The summed E-state index contributed by atoms with van der Waals surface area (Å²) < 4.78 is 5.72. The third-order valence-corrected chi connectivity index (χ3v) is 4.83. The second kappa shape index (κ2) is 10.5. The van der Waals surface area contributed by atoms with Crippen LogP contribution in [0.15, 0.2) is 67.0 Å². The molecule has 160 valence electrons. The molecule has 6 heteroatoms. The van der Waals surface area contributed by atoms with Gasteiger partial charge in [0.25, 0.3) is 11.8 Å². The number of carbonyl (C=O) groups excluding carboxylic acids is 2. The van der Waals surface area contributed by atoms with Gasteiger partial charge in [-0.1, -0.05) is 36.4 Å². The van der Waals surface area contributed by atoms with Crippen LogP contribution in [0.4, 0.5) is 5.69 Å². The minimum absolute atomic E-state index is 0.126. The van der Waals surface area contributed by atoms with E-state index in [2.05, 4.69) is 15.6 Å². The van der Waals surface area contributed by atoms with Gasteiger partial charge in [0.15, 0.2) is 0 Å². The van der Waals surface area contributed by atoms with E-state index in [9.17, 15) is 9.59 Å². The molecule has 0 unspecified atom stereocenters. The topological polar surface area (TPSA) is 80.3 Å². The van der Waals surface area contributed by atoms with Crippen LogP contribution in [0.3, 0.4) is 0 Å². The van der Waals surface area contributed by atoms with Gasteiger partial charge in [-0.2, -0.15) is 0 Å². The van der Waals surface area contributed by atoms with Crippen molar-refractivity contribution in [2.75, 3.05) is 5.32 Å². The number of nitrogens with zero attached hydrogens (tertiary/aromatic N) is 1. The molecule has 0 saturated carbocycles. The maximum atomic E-state index is 13.0. The second-order valence-corrected chi connectivity index (χ2v) is 7.50. The summed E-state index contributed by atoms with van der Waals surface area (Å²) in [5.74, 6) is -0.546. The molecule has 0 saturated heterocycles. The molecule has 31 heavy (non-hydrogen) atoms. The number of para-hydroxylation sites is 1. The first-order valence-corrected chi connectivity index (χ1v) is 10.2. The van der Waals surface area contributed by atoms with Crippen LogP contribution in [0.2, 0.25) is 0 Å². The number of amides is 2. The van der Waals surface area contributed by atoms with Crippen LogP contribution in [0.5, 0.6) is 0 Å². The van der Waals surface area contributed by atoms with Gasteiger partial charge in [0, 0.05) is 24.5 Å². The van der Waals surface area contributed by atoms with E-state index in [0.717, 1.165) is 16.7 Å². The van der Waals surface area contributed by atoms with E-state index in [1.165, 1.54) is 0 Å². The normalized spacial score (nSPS) is 10.7. The lowest BCUT2D eigenvalue weighted by molar-refractivity contribution is 0.0651. The number of anilines is 1. The van der Waals surface area contributed by atoms with E-state index < -0.39 is 0 Å². The van der Waals surface area contributed by atoms with Crippen LogP contribution in [0.25, 0.3) is 0 Å².